The highest BCUT2D eigenvalue weighted by Crippen LogP contribution is 1.39. The summed E-state index contributed by atoms with van der Waals surface area (Å²) in [5, 5.41) is 7.77. The summed E-state index contributed by atoms with van der Waals surface area (Å²) in [5.74, 6) is 0. The van der Waals surface area contributed by atoms with Crippen molar-refractivity contribution in [1.82, 2.24) is 10.9 Å². The Kier molecular flexibility index (Phi) is 3.72. The molecule has 0 atom stereocenters. The molecule has 0 aromatic rings. The summed E-state index contributed by atoms with van der Waals surface area (Å²) < 4.78 is 0. The minimum Gasteiger partial charge on any atom is -0.258 e. The second kappa shape index (κ2) is 4.25. The van der Waals surface area contributed by atoms with Crippen molar-refractivity contribution in [2.75, 3.05) is 6.54 Å². The Hall–Kier alpha value is -0.750. The van der Waals surface area contributed by atoms with Crippen LogP contribution in [-0.4, -0.2) is 6.54 Å². The summed E-state index contributed by atoms with van der Waals surface area (Å²) in [7, 11) is 0. The third-order valence-electron chi connectivity index (χ3n) is 0.321. The Balaban J connectivity index is 2.54. The summed E-state index contributed by atoms with van der Waals surface area (Å²) in [5.41, 5.74) is 4.84. The van der Waals surface area contributed by atoms with Crippen LogP contribution in [-0.2, 0) is 0 Å². The summed E-state index contributed by atoms with van der Waals surface area (Å²) in [6, 6.07) is 0. The molecular formula is C3H7N3. The number of nitriles is 1. The molecule has 6 heavy (non-hydrogen) atoms. The van der Waals surface area contributed by atoms with E-state index in [9.17, 15) is 0 Å². The molecule has 0 saturated heterocycles. The predicted octanol–water partition coefficient (Wildman–Crippen LogP) is -0.418. The molecule has 0 aliphatic carbocycles. The van der Waals surface area contributed by atoms with Gasteiger partial charge in [0.15, 0.2) is 6.19 Å². The van der Waals surface area contributed by atoms with Crippen LogP contribution in [0, 0.1) is 11.5 Å². The van der Waals surface area contributed by atoms with Gasteiger partial charge in [-0.15, -0.1) is 0 Å². The van der Waals surface area contributed by atoms with Gasteiger partial charge < -0.3 is 0 Å². The van der Waals surface area contributed by atoms with Crippen LogP contribution >= 0.6 is 0 Å². The maximum atomic E-state index is 7.77. The Morgan fingerprint density at radius 3 is 2.67 bits per heavy atom. The molecule has 0 radical (unpaired) electrons. The largest absolute Gasteiger partial charge is 0.258 e. The molecule has 3 nitrogen and oxygen atoms in total. The lowest BCUT2D eigenvalue weighted by atomic mass is 10.8. The van der Waals surface area contributed by atoms with Gasteiger partial charge >= 0.3 is 0 Å². The number of hydrogen-bond donors (Lipinski definition) is 2. The van der Waals surface area contributed by atoms with Crippen LogP contribution in [0.4, 0.5) is 0 Å². The van der Waals surface area contributed by atoms with Gasteiger partial charge in [0.05, 0.1) is 0 Å². The number of hydrazine groups is 1. The smallest absolute Gasteiger partial charge is 0.192 e. The standard InChI is InChI=1S/C3H7N3/c1-2-5-6-3-4/h5-6H,2H2,1H3. The Labute approximate surface area is 36.9 Å². The molecule has 0 fully saturated rings. The van der Waals surface area contributed by atoms with E-state index in [1.807, 2.05) is 6.92 Å². The number of hydrogen-bond acceptors (Lipinski definition) is 3. The molecule has 34 valence electrons. The topological polar surface area (TPSA) is 47.8 Å². The molecular weight excluding hydrogens is 78.1 g/mol. The van der Waals surface area contributed by atoms with E-state index in [0.717, 1.165) is 6.54 Å². The predicted molar refractivity (Wildman–Crippen MR) is 22.4 cm³/mol. The second-order valence-electron chi connectivity index (χ2n) is 0.767. The monoisotopic (exact) mass is 85.1 g/mol. The molecule has 0 unspecified atom stereocenters. The maximum Gasteiger partial charge on any atom is 0.192 e. The van der Waals surface area contributed by atoms with E-state index >= 15 is 0 Å². The molecule has 0 amide bonds. The van der Waals surface area contributed by atoms with Crippen LogP contribution < -0.4 is 10.9 Å². The molecule has 0 aromatic heterocycles. The lowest BCUT2D eigenvalue weighted by molar-refractivity contribution is 0.666. The lowest BCUT2D eigenvalue weighted by Gasteiger charge is -1.88. The van der Waals surface area contributed by atoms with Crippen LogP contribution in [0.15, 0.2) is 0 Å². The van der Waals surface area contributed by atoms with E-state index in [1.165, 1.54) is 0 Å². The van der Waals surface area contributed by atoms with E-state index in [2.05, 4.69) is 10.9 Å². The van der Waals surface area contributed by atoms with E-state index in [1.54, 1.807) is 6.19 Å². The van der Waals surface area contributed by atoms with E-state index < -0.39 is 0 Å². The van der Waals surface area contributed by atoms with Crippen molar-refractivity contribution in [2.45, 2.75) is 6.92 Å². The van der Waals surface area contributed by atoms with Crippen molar-refractivity contribution in [3.05, 3.63) is 0 Å². The van der Waals surface area contributed by atoms with Gasteiger partial charge in [0.1, 0.15) is 0 Å². The average molecular weight is 85.1 g/mol. The third-order valence-corrected chi connectivity index (χ3v) is 0.321. The van der Waals surface area contributed by atoms with Crippen molar-refractivity contribution >= 4 is 0 Å². The van der Waals surface area contributed by atoms with Crippen molar-refractivity contribution < 1.29 is 0 Å². The highest BCUT2D eigenvalue weighted by molar-refractivity contribution is 4.57. The maximum absolute atomic E-state index is 7.77. The number of rotatable bonds is 2. The SMILES string of the molecule is CCNNC#N. The summed E-state index contributed by atoms with van der Waals surface area (Å²) in [6.07, 6.45) is 1.71. The summed E-state index contributed by atoms with van der Waals surface area (Å²) in [6.45, 7) is 2.68. The minimum atomic E-state index is 0.771. The zero-order valence-electron chi connectivity index (χ0n) is 3.65. The second-order valence-corrected chi connectivity index (χ2v) is 0.767. The minimum absolute atomic E-state index is 0.771. The molecule has 0 heterocycles. The fourth-order valence-corrected chi connectivity index (χ4v) is 0.128. The number of nitrogens with one attached hydrogen (secondary N) is 2. The third kappa shape index (κ3) is 3.25. The van der Waals surface area contributed by atoms with Gasteiger partial charge in [-0.3, -0.25) is 5.43 Å². The summed E-state index contributed by atoms with van der Waals surface area (Å²) in [4.78, 5) is 0. The molecule has 0 bridgehead atoms. The van der Waals surface area contributed by atoms with Crippen molar-refractivity contribution in [3.63, 3.8) is 0 Å². The van der Waals surface area contributed by atoms with Gasteiger partial charge in [0.2, 0.25) is 0 Å². The Morgan fingerprint density at radius 2 is 2.50 bits per heavy atom. The van der Waals surface area contributed by atoms with Gasteiger partial charge in [0, 0.05) is 6.54 Å². The normalized spacial score (nSPS) is 6.67. The summed E-state index contributed by atoms with van der Waals surface area (Å²) >= 11 is 0. The molecule has 0 saturated carbocycles. The van der Waals surface area contributed by atoms with E-state index in [0.29, 0.717) is 0 Å². The van der Waals surface area contributed by atoms with Crippen molar-refractivity contribution in [2.24, 2.45) is 0 Å². The van der Waals surface area contributed by atoms with Gasteiger partial charge in [-0.2, -0.15) is 5.26 Å². The zero-order valence-corrected chi connectivity index (χ0v) is 3.65. The first-order chi connectivity index (χ1) is 2.91. The molecule has 0 aliphatic rings. The molecule has 0 aliphatic heterocycles. The van der Waals surface area contributed by atoms with Crippen molar-refractivity contribution in [1.29, 1.82) is 5.26 Å². The van der Waals surface area contributed by atoms with Crippen LogP contribution in [0.2, 0.25) is 0 Å². The molecule has 0 spiro atoms. The number of nitrogens with zero attached hydrogens (tertiary/aromatic N) is 1. The Bertz CT molecular complexity index is 53.5. The highest BCUT2D eigenvalue weighted by atomic mass is 15.3. The molecule has 3 heteroatoms. The molecule has 2 N–H and O–H groups in total. The fourth-order valence-electron chi connectivity index (χ4n) is 0.128. The first-order valence-corrected chi connectivity index (χ1v) is 1.78. The van der Waals surface area contributed by atoms with Crippen LogP contribution in [0.1, 0.15) is 6.92 Å². The first kappa shape index (κ1) is 5.25. The van der Waals surface area contributed by atoms with Gasteiger partial charge in [-0.25, -0.2) is 5.43 Å². The van der Waals surface area contributed by atoms with Crippen LogP contribution in [0.25, 0.3) is 0 Å². The zero-order chi connectivity index (χ0) is 4.83. The Morgan fingerprint density at radius 1 is 1.83 bits per heavy atom. The first-order valence-electron chi connectivity index (χ1n) is 1.78. The molecule has 0 rings (SSSR count). The fraction of sp³-hybridized carbons (Fsp3) is 0.667. The van der Waals surface area contributed by atoms with Gasteiger partial charge in [0.25, 0.3) is 0 Å². The van der Waals surface area contributed by atoms with Gasteiger partial charge in [-0.1, -0.05) is 6.92 Å². The quantitative estimate of drug-likeness (QED) is 0.207. The molecule has 0 aromatic carbocycles. The highest BCUT2D eigenvalue weighted by Gasteiger charge is 1.64. The van der Waals surface area contributed by atoms with Crippen LogP contribution in [0.5, 0.6) is 0 Å². The van der Waals surface area contributed by atoms with Gasteiger partial charge in [-0.05, 0) is 0 Å². The van der Waals surface area contributed by atoms with Crippen molar-refractivity contribution in [3.8, 4) is 6.19 Å². The van der Waals surface area contributed by atoms with E-state index in [-0.39, 0.29) is 0 Å². The average Bonchev–Trinajstić information content (AvgIpc) is 1.61. The lowest BCUT2D eigenvalue weighted by Crippen LogP contribution is -2.25. The van der Waals surface area contributed by atoms with Crippen LogP contribution in [0.3, 0.4) is 0 Å². The van der Waals surface area contributed by atoms with E-state index in [4.69, 9.17) is 5.26 Å².